The molecule has 4 heterocycles. The summed E-state index contributed by atoms with van der Waals surface area (Å²) in [5.74, 6) is -0.227. The van der Waals surface area contributed by atoms with Crippen molar-refractivity contribution in [2.24, 2.45) is 0 Å². The second-order valence-corrected chi connectivity index (χ2v) is 6.76. The van der Waals surface area contributed by atoms with Gasteiger partial charge in [0, 0.05) is 13.2 Å². The smallest absolute Gasteiger partial charge is 0.410 e. The number of H-pyrrole nitrogens is 1. The number of nitrogens with zero attached hydrogens (tertiary/aromatic N) is 4. The van der Waals surface area contributed by atoms with Gasteiger partial charge in [-0.2, -0.15) is 5.26 Å². The van der Waals surface area contributed by atoms with Crippen molar-refractivity contribution in [3.63, 3.8) is 0 Å². The van der Waals surface area contributed by atoms with Crippen LogP contribution in [0.15, 0.2) is 17.1 Å². The highest BCUT2D eigenvalue weighted by Gasteiger charge is 2.53. The Morgan fingerprint density at radius 3 is 2.73 bits per heavy atom. The molecule has 9 heteroatoms. The van der Waals surface area contributed by atoms with E-state index in [1.54, 1.807) is 24.9 Å². The van der Waals surface area contributed by atoms with Gasteiger partial charge in [0.1, 0.15) is 17.5 Å². The molecule has 0 saturated carbocycles. The van der Waals surface area contributed by atoms with E-state index in [0.29, 0.717) is 36.7 Å². The van der Waals surface area contributed by atoms with Crippen LogP contribution in [0.25, 0.3) is 11.0 Å². The average Bonchev–Trinajstić information content (AvgIpc) is 2.88. The van der Waals surface area contributed by atoms with Crippen LogP contribution in [0.3, 0.4) is 0 Å². The fourth-order valence-electron chi connectivity index (χ4n) is 3.55. The standard InChI is InChI=1S/C17H15N5O4/c1-9-3-12(22-7-17(8-22)6-21(2)16(25)26-17)20-15-13(9)14(24)10(5-19-15)11(23)4-18/h3,5H,6-8H2,1-2H3,(H,19,20,24). The summed E-state index contributed by atoms with van der Waals surface area (Å²) in [7, 11) is 1.70. The minimum absolute atomic E-state index is 0.193. The third kappa shape index (κ3) is 2.23. The number of fused-ring (bicyclic) bond motifs is 1. The van der Waals surface area contributed by atoms with Gasteiger partial charge in [0.2, 0.25) is 5.43 Å². The Hall–Kier alpha value is -3.41. The van der Waals surface area contributed by atoms with Crippen molar-refractivity contribution in [3.05, 3.63) is 33.6 Å². The molecule has 9 nitrogen and oxygen atoms in total. The Morgan fingerprint density at radius 1 is 1.38 bits per heavy atom. The molecule has 0 aliphatic carbocycles. The molecule has 0 unspecified atom stereocenters. The number of carbonyl (C=O) groups is 2. The molecule has 2 saturated heterocycles. The van der Waals surface area contributed by atoms with Crippen LogP contribution in [-0.4, -0.2) is 59.0 Å². The summed E-state index contributed by atoms with van der Waals surface area (Å²) in [5, 5.41) is 9.02. The fourth-order valence-corrected chi connectivity index (χ4v) is 3.55. The largest absolute Gasteiger partial charge is 0.437 e. The van der Waals surface area contributed by atoms with Crippen LogP contribution in [0.4, 0.5) is 10.6 Å². The molecular weight excluding hydrogens is 338 g/mol. The number of nitrogens with one attached hydrogen (secondary N) is 1. The molecule has 1 spiro atoms. The van der Waals surface area contributed by atoms with Gasteiger partial charge in [-0.3, -0.25) is 9.59 Å². The van der Waals surface area contributed by atoms with Crippen molar-refractivity contribution in [1.82, 2.24) is 14.9 Å². The molecule has 2 aromatic rings. The molecule has 26 heavy (non-hydrogen) atoms. The van der Waals surface area contributed by atoms with E-state index in [4.69, 9.17) is 10.00 Å². The van der Waals surface area contributed by atoms with Crippen molar-refractivity contribution in [2.45, 2.75) is 12.5 Å². The van der Waals surface area contributed by atoms with Gasteiger partial charge in [-0.25, -0.2) is 9.78 Å². The second kappa shape index (κ2) is 5.29. The maximum Gasteiger partial charge on any atom is 0.410 e. The number of carbonyl (C=O) groups excluding carboxylic acids is 2. The molecule has 132 valence electrons. The summed E-state index contributed by atoms with van der Waals surface area (Å²) in [6, 6.07) is 3.21. The Morgan fingerprint density at radius 2 is 2.12 bits per heavy atom. The lowest BCUT2D eigenvalue weighted by Crippen LogP contribution is -2.64. The normalized spacial score (nSPS) is 18.0. The molecule has 2 aliphatic heterocycles. The Bertz CT molecular complexity index is 1060. The zero-order valence-corrected chi connectivity index (χ0v) is 14.2. The van der Waals surface area contributed by atoms with Gasteiger partial charge >= 0.3 is 6.09 Å². The van der Waals surface area contributed by atoms with Crippen LogP contribution in [0.2, 0.25) is 0 Å². The number of likely N-dealkylation sites (N-methyl/N-ethyl adjacent to an activating group) is 1. The molecule has 0 atom stereocenters. The van der Waals surface area contributed by atoms with Crippen LogP contribution < -0.4 is 10.3 Å². The Kier molecular flexibility index (Phi) is 3.27. The lowest BCUT2D eigenvalue weighted by atomic mass is 9.94. The zero-order chi connectivity index (χ0) is 18.6. The van der Waals surface area contributed by atoms with E-state index < -0.39 is 16.8 Å². The molecule has 4 rings (SSSR count). The van der Waals surface area contributed by atoms with Crippen molar-refractivity contribution < 1.29 is 14.3 Å². The zero-order valence-electron chi connectivity index (χ0n) is 14.2. The number of amides is 1. The molecular formula is C17H15N5O4. The van der Waals surface area contributed by atoms with Crippen molar-refractivity contribution in [3.8, 4) is 6.07 Å². The summed E-state index contributed by atoms with van der Waals surface area (Å²) in [6.45, 7) is 3.33. The van der Waals surface area contributed by atoms with Crippen molar-refractivity contribution in [1.29, 1.82) is 5.26 Å². The second-order valence-electron chi connectivity index (χ2n) is 6.76. The summed E-state index contributed by atoms with van der Waals surface area (Å²) >= 11 is 0. The minimum Gasteiger partial charge on any atom is -0.437 e. The molecule has 1 N–H and O–H groups in total. The van der Waals surface area contributed by atoms with Crippen molar-refractivity contribution >= 4 is 28.7 Å². The van der Waals surface area contributed by atoms with Crippen LogP contribution in [-0.2, 0) is 4.74 Å². The van der Waals surface area contributed by atoms with Gasteiger partial charge < -0.3 is 19.5 Å². The first-order chi connectivity index (χ1) is 12.3. The van der Waals surface area contributed by atoms with Crippen LogP contribution >= 0.6 is 0 Å². The number of rotatable bonds is 2. The maximum absolute atomic E-state index is 12.5. The number of aromatic amines is 1. The van der Waals surface area contributed by atoms with Gasteiger partial charge in [0.05, 0.1) is 30.6 Å². The molecule has 1 amide bonds. The third-order valence-corrected chi connectivity index (χ3v) is 4.80. The maximum atomic E-state index is 12.5. The number of aromatic nitrogens is 2. The van der Waals surface area contributed by atoms with Crippen LogP contribution in [0.1, 0.15) is 15.9 Å². The predicted octanol–water partition coefficient (Wildman–Crippen LogP) is 0.579. The van der Waals surface area contributed by atoms with Gasteiger partial charge in [0.15, 0.2) is 5.60 Å². The minimum atomic E-state index is -0.881. The first-order valence-electron chi connectivity index (χ1n) is 8.00. The van der Waals surface area contributed by atoms with Gasteiger partial charge in [-0.1, -0.05) is 0 Å². The van der Waals surface area contributed by atoms with E-state index in [1.807, 2.05) is 4.90 Å². The summed E-state index contributed by atoms with van der Waals surface area (Å²) in [6.07, 6.45) is 0.893. The van der Waals surface area contributed by atoms with E-state index in [-0.39, 0.29) is 17.0 Å². The number of anilines is 1. The van der Waals surface area contributed by atoms with E-state index in [9.17, 15) is 14.4 Å². The molecule has 2 fully saturated rings. The number of nitriles is 1. The number of ketones is 1. The van der Waals surface area contributed by atoms with Crippen LogP contribution in [0, 0.1) is 18.3 Å². The third-order valence-electron chi connectivity index (χ3n) is 4.80. The lowest BCUT2D eigenvalue weighted by Gasteiger charge is -2.46. The van der Waals surface area contributed by atoms with Gasteiger partial charge in [-0.05, 0) is 18.6 Å². The number of aryl methyl sites for hydroxylation is 1. The van der Waals surface area contributed by atoms with Gasteiger partial charge in [-0.15, -0.1) is 0 Å². The lowest BCUT2D eigenvalue weighted by molar-refractivity contribution is 0.0328. The number of pyridine rings is 2. The van der Waals surface area contributed by atoms with Crippen molar-refractivity contribution in [2.75, 3.05) is 31.6 Å². The number of hydrogen-bond donors (Lipinski definition) is 1. The Balaban J connectivity index is 1.68. The molecule has 2 aliphatic rings. The molecule has 0 aromatic carbocycles. The number of Topliss-reactive ketones (excluding diaryl/α,β-unsaturated/α-hetero) is 1. The van der Waals surface area contributed by atoms with E-state index >= 15 is 0 Å². The summed E-state index contributed by atoms with van der Waals surface area (Å²) < 4.78 is 5.43. The van der Waals surface area contributed by atoms with E-state index in [0.717, 1.165) is 0 Å². The predicted molar refractivity (Wildman–Crippen MR) is 91.1 cm³/mol. The van der Waals surface area contributed by atoms with Crippen LogP contribution in [0.5, 0.6) is 0 Å². The van der Waals surface area contributed by atoms with E-state index in [1.165, 1.54) is 12.3 Å². The first kappa shape index (κ1) is 16.1. The first-order valence-corrected chi connectivity index (χ1v) is 8.00. The highest BCUT2D eigenvalue weighted by molar-refractivity contribution is 6.08. The summed E-state index contributed by atoms with van der Waals surface area (Å²) in [4.78, 5) is 46.4. The fraction of sp³-hybridized carbons (Fsp3) is 0.353. The highest BCUT2D eigenvalue weighted by atomic mass is 16.6. The Labute approximate surface area is 147 Å². The SMILES string of the molecule is Cc1cc(N2CC3(CN(C)C(=O)O3)C2)nc2[nH]cc(C(=O)C#N)c(=O)c12. The summed E-state index contributed by atoms with van der Waals surface area (Å²) in [5.41, 5.74) is -0.205. The monoisotopic (exact) mass is 353 g/mol. The molecule has 0 radical (unpaired) electrons. The molecule has 0 bridgehead atoms. The van der Waals surface area contributed by atoms with Gasteiger partial charge in [0.25, 0.3) is 5.78 Å². The molecule has 2 aromatic heterocycles. The number of ether oxygens (including phenoxy) is 1. The highest BCUT2D eigenvalue weighted by Crippen LogP contribution is 2.35. The average molecular weight is 353 g/mol. The topological polar surface area (TPSA) is 119 Å². The van der Waals surface area contributed by atoms with E-state index in [2.05, 4.69) is 9.97 Å². The number of hydrogen-bond acceptors (Lipinski definition) is 7. The quantitative estimate of drug-likeness (QED) is 0.619.